The van der Waals surface area contributed by atoms with Crippen LogP contribution in [0, 0.1) is 0 Å². The SMILES string of the molecule is O=S(=O)(O)c1cc(O)cc2c(NCc3ccccc3)cccc12. The third-order valence-corrected chi connectivity index (χ3v) is 4.44. The van der Waals surface area contributed by atoms with E-state index in [0.717, 1.165) is 11.6 Å². The molecular formula is C17H15NO4S. The number of nitrogens with one attached hydrogen (secondary N) is 1. The minimum Gasteiger partial charge on any atom is -0.508 e. The van der Waals surface area contributed by atoms with Gasteiger partial charge in [-0.2, -0.15) is 8.42 Å². The summed E-state index contributed by atoms with van der Waals surface area (Å²) < 4.78 is 32.4. The number of phenols is 1. The van der Waals surface area contributed by atoms with Crippen LogP contribution >= 0.6 is 0 Å². The molecule has 0 radical (unpaired) electrons. The van der Waals surface area contributed by atoms with Crippen LogP contribution in [0.25, 0.3) is 10.8 Å². The maximum atomic E-state index is 11.5. The summed E-state index contributed by atoms with van der Waals surface area (Å²) in [7, 11) is -4.42. The van der Waals surface area contributed by atoms with Crippen LogP contribution in [0.1, 0.15) is 5.56 Å². The quantitative estimate of drug-likeness (QED) is 0.639. The first-order valence-electron chi connectivity index (χ1n) is 6.96. The van der Waals surface area contributed by atoms with Crippen molar-refractivity contribution in [2.45, 2.75) is 11.4 Å². The van der Waals surface area contributed by atoms with Gasteiger partial charge in [0.1, 0.15) is 10.6 Å². The van der Waals surface area contributed by atoms with E-state index in [9.17, 15) is 18.1 Å². The molecule has 0 aliphatic heterocycles. The molecule has 3 aromatic rings. The topological polar surface area (TPSA) is 86.6 Å². The zero-order valence-corrected chi connectivity index (χ0v) is 12.9. The molecule has 23 heavy (non-hydrogen) atoms. The maximum Gasteiger partial charge on any atom is 0.295 e. The molecule has 3 aromatic carbocycles. The van der Waals surface area contributed by atoms with E-state index in [1.807, 2.05) is 30.3 Å². The second-order valence-electron chi connectivity index (χ2n) is 5.16. The first-order chi connectivity index (χ1) is 10.9. The fraction of sp³-hybridized carbons (Fsp3) is 0.0588. The van der Waals surface area contributed by atoms with E-state index in [2.05, 4.69) is 5.32 Å². The normalized spacial score (nSPS) is 11.5. The van der Waals surface area contributed by atoms with Crippen molar-refractivity contribution in [3.63, 3.8) is 0 Å². The zero-order chi connectivity index (χ0) is 16.4. The highest BCUT2D eigenvalue weighted by atomic mass is 32.2. The Hall–Kier alpha value is -2.57. The highest BCUT2D eigenvalue weighted by molar-refractivity contribution is 7.86. The van der Waals surface area contributed by atoms with E-state index in [1.54, 1.807) is 18.2 Å². The van der Waals surface area contributed by atoms with Crippen molar-refractivity contribution in [2.24, 2.45) is 0 Å². The summed E-state index contributed by atoms with van der Waals surface area (Å²) in [6, 6.07) is 17.3. The third-order valence-electron chi connectivity index (χ3n) is 3.55. The lowest BCUT2D eigenvalue weighted by Crippen LogP contribution is -2.02. The molecule has 3 N–H and O–H groups in total. The molecule has 6 heteroatoms. The Morgan fingerprint density at radius 1 is 0.913 bits per heavy atom. The number of aromatic hydroxyl groups is 1. The number of fused-ring (bicyclic) bond motifs is 1. The predicted octanol–water partition coefficient (Wildman–Crippen LogP) is 3.40. The Morgan fingerprint density at radius 2 is 1.65 bits per heavy atom. The van der Waals surface area contributed by atoms with Gasteiger partial charge in [0, 0.05) is 29.1 Å². The summed E-state index contributed by atoms with van der Waals surface area (Å²) >= 11 is 0. The van der Waals surface area contributed by atoms with Crippen LogP contribution in [0.3, 0.4) is 0 Å². The number of hydrogen-bond donors (Lipinski definition) is 3. The predicted molar refractivity (Wildman–Crippen MR) is 89.2 cm³/mol. The van der Waals surface area contributed by atoms with Gasteiger partial charge >= 0.3 is 0 Å². The van der Waals surface area contributed by atoms with Gasteiger partial charge < -0.3 is 10.4 Å². The minimum absolute atomic E-state index is 0.223. The van der Waals surface area contributed by atoms with Crippen LogP contribution in [0.15, 0.2) is 65.6 Å². The Bertz CT molecular complexity index is 953. The van der Waals surface area contributed by atoms with Gasteiger partial charge in [-0.25, -0.2) is 0 Å². The molecule has 0 aromatic heterocycles. The lowest BCUT2D eigenvalue weighted by atomic mass is 10.1. The third kappa shape index (κ3) is 3.28. The minimum atomic E-state index is -4.42. The van der Waals surface area contributed by atoms with Gasteiger partial charge in [0.2, 0.25) is 0 Å². The van der Waals surface area contributed by atoms with E-state index < -0.39 is 10.1 Å². The molecule has 0 unspecified atom stereocenters. The van der Waals surface area contributed by atoms with Crippen molar-refractivity contribution < 1.29 is 18.1 Å². The smallest absolute Gasteiger partial charge is 0.295 e. The number of hydrogen-bond acceptors (Lipinski definition) is 4. The lowest BCUT2D eigenvalue weighted by Gasteiger charge is -2.12. The molecule has 0 amide bonds. The molecule has 3 rings (SSSR count). The summed E-state index contributed by atoms with van der Waals surface area (Å²) in [6.07, 6.45) is 0. The Kier molecular flexibility index (Phi) is 3.94. The fourth-order valence-electron chi connectivity index (χ4n) is 2.50. The Morgan fingerprint density at radius 3 is 2.35 bits per heavy atom. The summed E-state index contributed by atoms with van der Waals surface area (Å²) in [4.78, 5) is -0.309. The first-order valence-corrected chi connectivity index (χ1v) is 8.40. The molecule has 118 valence electrons. The zero-order valence-electron chi connectivity index (χ0n) is 12.1. The molecule has 0 bridgehead atoms. The van der Waals surface area contributed by atoms with Crippen molar-refractivity contribution in [3.05, 3.63) is 66.2 Å². The molecule has 0 atom stereocenters. The van der Waals surface area contributed by atoms with Gasteiger partial charge in [-0.15, -0.1) is 0 Å². The van der Waals surface area contributed by atoms with E-state index in [1.165, 1.54) is 6.07 Å². The van der Waals surface area contributed by atoms with Crippen molar-refractivity contribution in [1.82, 2.24) is 0 Å². The van der Waals surface area contributed by atoms with Crippen molar-refractivity contribution in [3.8, 4) is 5.75 Å². The number of rotatable bonds is 4. The highest BCUT2D eigenvalue weighted by Crippen LogP contribution is 2.32. The Balaban J connectivity index is 2.07. The van der Waals surface area contributed by atoms with Crippen molar-refractivity contribution in [1.29, 1.82) is 0 Å². The molecule has 0 heterocycles. The highest BCUT2D eigenvalue weighted by Gasteiger charge is 2.17. The average Bonchev–Trinajstić information content (AvgIpc) is 2.52. The van der Waals surface area contributed by atoms with Gasteiger partial charge in [-0.05, 0) is 17.7 Å². The summed E-state index contributed by atoms with van der Waals surface area (Å²) in [5.74, 6) is -0.223. The number of benzene rings is 3. The lowest BCUT2D eigenvalue weighted by molar-refractivity contribution is 0.468. The van der Waals surface area contributed by atoms with Crippen LogP contribution in [-0.2, 0) is 16.7 Å². The second kappa shape index (κ2) is 5.91. The average molecular weight is 329 g/mol. The van der Waals surface area contributed by atoms with Crippen LogP contribution in [0.4, 0.5) is 5.69 Å². The summed E-state index contributed by atoms with van der Waals surface area (Å²) in [5.41, 5.74) is 1.74. The van der Waals surface area contributed by atoms with E-state index in [-0.39, 0.29) is 10.6 Å². The van der Waals surface area contributed by atoms with E-state index in [0.29, 0.717) is 23.0 Å². The van der Waals surface area contributed by atoms with Gasteiger partial charge in [0.15, 0.2) is 0 Å². The standard InChI is InChI=1S/C17H15NO4S/c19-13-9-15-14(17(10-13)23(20,21)22)7-4-8-16(15)18-11-12-5-2-1-3-6-12/h1-10,18-19H,11H2,(H,20,21,22). The van der Waals surface area contributed by atoms with Crippen molar-refractivity contribution in [2.75, 3.05) is 5.32 Å². The summed E-state index contributed by atoms with van der Waals surface area (Å²) in [6.45, 7) is 0.552. The summed E-state index contributed by atoms with van der Waals surface area (Å²) in [5, 5.41) is 13.9. The van der Waals surface area contributed by atoms with Gasteiger partial charge in [-0.1, -0.05) is 42.5 Å². The maximum absolute atomic E-state index is 11.5. The van der Waals surface area contributed by atoms with Gasteiger partial charge in [0.05, 0.1) is 0 Å². The van der Waals surface area contributed by atoms with Crippen molar-refractivity contribution >= 4 is 26.6 Å². The molecule has 0 saturated carbocycles. The molecule has 0 fully saturated rings. The van der Waals surface area contributed by atoms with E-state index >= 15 is 0 Å². The molecule has 0 aliphatic rings. The van der Waals surface area contributed by atoms with E-state index in [4.69, 9.17) is 0 Å². The van der Waals surface area contributed by atoms with Gasteiger partial charge in [0.25, 0.3) is 10.1 Å². The number of anilines is 1. The van der Waals surface area contributed by atoms with Crippen LogP contribution < -0.4 is 5.32 Å². The molecule has 0 aliphatic carbocycles. The first kappa shape index (κ1) is 15.3. The van der Waals surface area contributed by atoms with Gasteiger partial charge in [-0.3, -0.25) is 4.55 Å². The molecule has 0 spiro atoms. The monoisotopic (exact) mass is 329 g/mol. The van der Waals surface area contributed by atoms with Crippen LogP contribution in [-0.4, -0.2) is 18.1 Å². The number of phenolic OH excluding ortho intramolecular Hbond substituents is 1. The largest absolute Gasteiger partial charge is 0.508 e. The molecule has 5 nitrogen and oxygen atoms in total. The fourth-order valence-corrected chi connectivity index (χ4v) is 3.22. The molecule has 0 saturated heterocycles. The second-order valence-corrected chi connectivity index (χ2v) is 6.55. The van der Waals surface area contributed by atoms with Crippen LogP contribution in [0.2, 0.25) is 0 Å². The molecular weight excluding hydrogens is 314 g/mol. The Labute approximate surface area is 134 Å². The van der Waals surface area contributed by atoms with Crippen LogP contribution in [0.5, 0.6) is 5.75 Å².